The molecular formula is C11H22O3. The zero-order chi connectivity index (χ0) is 10.8. The van der Waals surface area contributed by atoms with Crippen molar-refractivity contribution in [2.75, 3.05) is 13.2 Å². The van der Waals surface area contributed by atoms with Gasteiger partial charge in [0.05, 0.1) is 6.10 Å². The van der Waals surface area contributed by atoms with Crippen molar-refractivity contribution in [1.29, 1.82) is 0 Å². The molecule has 84 valence electrons. The van der Waals surface area contributed by atoms with E-state index in [1.54, 1.807) is 6.92 Å². The van der Waals surface area contributed by atoms with Crippen LogP contribution < -0.4 is 0 Å². The maximum absolute atomic E-state index is 10.8. The summed E-state index contributed by atoms with van der Waals surface area (Å²) in [4.78, 5) is 10.8. The first-order valence-electron chi connectivity index (χ1n) is 5.47. The van der Waals surface area contributed by atoms with Gasteiger partial charge in [0.25, 0.3) is 0 Å². The summed E-state index contributed by atoms with van der Waals surface area (Å²) < 4.78 is 10.4. The van der Waals surface area contributed by atoms with E-state index < -0.39 is 0 Å². The highest BCUT2D eigenvalue weighted by Gasteiger charge is 2.05. The van der Waals surface area contributed by atoms with Gasteiger partial charge >= 0.3 is 5.97 Å². The Kier molecular flexibility index (Phi) is 8.64. The Morgan fingerprint density at radius 3 is 2.57 bits per heavy atom. The van der Waals surface area contributed by atoms with Gasteiger partial charge < -0.3 is 9.47 Å². The lowest BCUT2D eigenvalue weighted by molar-refractivity contribution is -0.147. The van der Waals surface area contributed by atoms with Gasteiger partial charge in [0.2, 0.25) is 0 Å². The second kappa shape index (κ2) is 9.00. The molecule has 0 rings (SSSR count). The van der Waals surface area contributed by atoms with E-state index in [9.17, 15) is 4.79 Å². The topological polar surface area (TPSA) is 35.5 Å². The highest BCUT2D eigenvalue weighted by molar-refractivity contribution is 5.68. The van der Waals surface area contributed by atoms with Crippen molar-refractivity contribution in [1.82, 2.24) is 0 Å². The van der Waals surface area contributed by atoms with Gasteiger partial charge in [0.1, 0.15) is 6.61 Å². The van der Waals surface area contributed by atoms with Gasteiger partial charge in [-0.1, -0.05) is 26.7 Å². The molecule has 0 aromatic rings. The Morgan fingerprint density at radius 2 is 2.00 bits per heavy atom. The molecule has 0 heterocycles. The molecule has 0 fully saturated rings. The molecule has 3 heteroatoms. The standard InChI is InChI=1S/C11H22O3/c1-4-6-7-8-13-10(3)9-14-11(12)5-2/h10H,4-9H2,1-3H3. The lowest BCUT2D eigenvalue weighted by atomic mass is 10.3. The average molecular weight is 202 g/mol. The van der Waals surface area contributed by atoms with E-state index in [0.29, 0.717) is 13.0 Å². The lowest BCUT2D eigenvalue weighted by Crippen LogP contribution is -2.19. The molecule has 0 spiro atoms. The van der Waals surface area contributed by atoms with Crippen molar-refractivity contribution in [3.05, 3.63) is 0 Å². The molecule has 0 saturated carbocycles. The van der Waals surface area contributed by atoms with E-state index in [2.05, 4.69) is 6.92 Å². The number of carbonyl (C=O) groups excluding carboxylic acids is 1. The number of ether oxygens (including phenoxy) is 2. The van der Waals surface area contributed by atoms with Crippen LogP contribution in [0.2, 0.25) is 0 Å². The molecular weight excluding hydrogens is 180 g/mol. The Morgan fingerprint density at radius 1 is 1.29 bits per heavy atom. The van der Waals surface area contributed by atoms with E-state index in [4.69, 9.17) is 9.47 Å². The molecule has 0 radical (unpaired) electrons. The Labute approximate surface area is 86.8 Å². The van der Waals surface area contributed by atoms with Crippen molar-refractivity contribution < 1.29 is 14.3 Å². The lowest BCUT2D eigenvalue weighted by Gasteiger charge is -2.12. The molecule has 0 saturated heterocycles. The van der Waals surface area contributed by atoms with Crippen molar-refractivity contribution in [2.24, 2.45) is 0 Å². The molecule has 0 aromatic heterocycles. The number of carbonyl (C=O) groups is 1. The molecule has 3 nitrogen and oxygen atoms in total. The third kappa shape index (κ3) is 8.05. The summed E-state index contributed by atoms with van der Waals surface area (Å²) in [5, 5.41) is 0. The number of hydrogen-bond donors (Lipinski definition) is 0. The smallest absolute Gasteiger partial charge is 0.305 e. The zero-order valence-electron chi connectivity index (χ0n) is 9.54. The van der Waals surface area contributed by atoms with Crippen LogP contribution in [-0.2, 0) is 14.3 Å². The summed E-state index contributed by atoms with van der Waals surface area (Å²) >= 11 is 0. The van der Waals surface area contributed by atoms with Crippen LogP contribution in [0, 0.1) is 0 Å². The molecule has 1 atom stereocenters. The van der Waals surface area contributed by atoms with Crippen molar-refractivity contribution >= 4 is 5.97 Å². The molecule has 0 N–H and O–H groups in total. The van der Waals surface area contributed by atoms with Crippen molar-refractivity contribution in [2.45, 2.75) is 52.6 Å². The Balaban J connectivity index is 3.27. The summed E-state index contributed by atoms with van der Waals surface area (Å²) in [5.74, 6) is -0.158. The quantitative estimate of drug-likeness (QED) is 0.448. The van der Waals surface area contributed by atoms with Crippen LogP contribution in [-0.4, -0.2) is 25.3 Å². The van der Waals surface area contributed by atoms with Crippen LogP contribution in [0.4, 0.5) is 0 Å². The number of hydrogen-bond acceptors (Lipinski definition) is 3. The molecule has 14 heavy (non-hydrogen) atoms. The fourth-order valence-electron chi connectivity index (χ4n) is 0.997. The third-order valence-electron chi connectivity index (χ3n) is 1.92. The predicted octanol–water partition coefficient (Wildman–Crippen LogP) is 2.53. The van der Waals surface area contributed by atoms with E-state index in [-0.39, 0.29) is 12.1 Å². The highest BCUT2D eigenvalue weighted by Crippen LogP contribution is 1.99. The van der Waals surface area contributed by atoms with Gasteiger partial charge in [-0.3, -0.25) is 4.79 Å². The molecule has 1 unspecified atom stereocenters. The third-order valence-corrected chi connectivity index (χ3v) is 1.92. The van der Waals surface area contributed by atoms with Crippen LogP contribution in [0.25, 0.3) is 0 Å². The fraction of sp³-hybridized carbons (Fsp3) is 0.909. The van der Waals surface area contributed by atoms with Crippen LogP contribution in [0.15, 0.2) is 0 Å². The Hall–Kier alpha value is -0.570. The molecule has 0 aliphatic heterocycles. The van der Waals surface area contributed by atoms with Crippen molar-refractivity contribution in [3.8, 4) is 0 Å². The predicted molar refractivity (Wildman–Crippen MR) is 56.2 cm³/mol. The zero-order valence-corrected chi connectivity index (χ0v) is 9.54. The van der Waals surface area contributed by atoms with Gasteiger partial charge in [0.15, 0.2) is 0 Å². The average Bonchev–Trinajstić information content (AvgIpc) is 2.21. The van der Waals surface area contributed by atoms with Gasteiger partial charge in [-0.15, -0.1) is 0 Å². The highest BCUT2D eigenvalue weighted by atomic mass is 16.6. The summed E-state index contributed by atoms with van der Waals surface area (Å²) in [6, 6.07) is 0. The van der Waals surface area contributed by atoms with E-state index in [0.717, 1.165) is 13.0 Å². The minimum absolute atomic E-state index is 0.0161. The summed E-state index contributed by atoms with van der Waals surface area (Å²) in [7, 11) is 0. The minimum atomic E-state index is -0.158. The monoisotopic (exact) mass is 202 g/mol. The van der Waals surface area contributed by atoms with Crippen LogP contribution >= 0.6 is 0 Å². The molecule has 0 aromatic carbocycles. The van der Waals surface area contributed by atoms with E-state index in [1.807, 2.05) is 6.92 Å². The molecule has 0 amide bonds. The Bertz CT molecular complexity index is 145. The van der Waals surface area contributed by atoms with Crippen molar-refractivity contribution in [3.63, 3.8) is 0 Å². The second-order valence-electron chi connectivity index (χ2n) is 3.43. The maximum Gasteiger partial charge on any atom is 0.305 e. The second-order valence-corrected chi connectivity index (χ2v) is 3.43. The first kappa shape index (κ1) is 13.4. The van der Waals surface area contributed by atoms with Gasteiger partial charge in [0, 0.05) is 13.0 Å². The van der Waals surface area contributed by atoms with Crippen LogP contribution in [0.1, 0.15) is 46.5 Å². The fourth-order valence-corrected chi connectivity index (χ4v) is 0.997. The van der Waals surface area contributed by atoms with Gasteiger partial charge in [-0.2, -0.15) is 0 Å². The maximum atomic E-state index is 10.8. The summed E-state index contributed by atoms with van der Waals surface area (Å²) in [5.41, 5.74) is 0. The minimum Gasteiger partial charge on any atom is -0.463 e. The first-order valence-corrected chi connectivity index (χ1v) is 5.47. The first-order chi connectivity index (χ1) is 6.70. The largest absolute Gasteiger partial charge is 0.463 e. The molecule has 0 bridgehead atoms. The van der Waals surface area contributed by atoms with Crippen LogP contribution in [0.3, 0.4) is 0 Å². The van der Waals surface area contributed by atoms with Gasteiger partial charge in [-0.05, 0) is 13.3 Å². The van der Waals surface area contributed by atoms with Gasteiger partial charge in [-0.25, -0.2) is 0 Å². The number of rotatable bonds is 8. The van der Waals surface area contributed by atoms with E-state index >= 15 is 0 Å². The molecule has 0 aliphatic rings. The number of esters is 1. The normalized spacial score (nSPS) is 12.5. The van der Waals surface area contributed by atoms with Crippen LogP contribution in [0.5, 0.6) is 0 Å². The number of unbranched alkanes of at least 4 members (excludes halogenated alkanes) is 2. The van der Waals surface area contributed by atoms with E-state index in [1.165, 1.54) is 12.8 Å². The summed E-state index contributed by atoms with van der Waals surface area (Å²) in [6.45, 7) is 7.01. The molecule has 0 aliphatic carbocycles. The SMILES string of the molecule is CCCCCOC(C)COC(=O)CC. The summed E-state index contributed by atoms with van der Waals surface area (Å²) in [6.07, 6.45) is 3.93.